The monoisotopic (exact) mass is 696 g/mol. The third-order valence-corrected chi connectivity index (χ3v) is 15.7. The van der Waals surface area contributed by atoms with Gasteiger partial charge in [-0.2, -0.15) is 5.21 Å². The van der Waals surface area contributed by atoms with E-state index in [1.807, 2.05) is 0 Å². The molecular formula is C39H64N6O5. The molecule has 4 N–H and O–H groups in total. The Morgan fingerprint density at radius 3 is 2.26 bits per heavy atom. The molecule has 2 amide bonds. The normalized spacial score (nSPS) is 40.1. The number of fused-ring (bicyclic) bond motifs is 7. The fourth-order valence-corrected chi connectivity index (χ4v) is 13.0. The molecule has 0 aromatic carbocycles. The molecule has 0 spiro atoms. The first kappa shape index (κ1) is 37.4. The predicted octanol–water partition coefficient (Wildman–Crippen LogP) is 5.03. The van der Waals surface area contributed by atoms with Crippen LogP contribution in [0.25, 0.3) is 0 Å². The Bertz CT molecular complexity index is 1390. The molecule has 6 rings (SSSR count). The molecule has 1 aromatic heterocycles. The highest BCUT2D eigenvalue weighted by Crippen LogP contribution is 2.77. The first-order valence-electron chi connectivity index (χ1n) is 19.5. The number of aromatic nitrogens is 4. The van der Waals surface area contributed by atoms with Gasteiger partial charge < -0.3 is 25.2 Å². The number of hydrogen-bond acceptors (Lipinski definition) is 8. The van der Waals surface area contributed by atoms with Crippen molar-refractivity contribution in [1.29, 1.82) is 0 Å². The Labute approximate surface area is 299 Å². The van der Waals surface area contributed by atoms with Gasteiger partial charge in [-0.05, 0) is 122 Å². The highest BCUT2D eigenvalue weighted by molar-refractivity contribution is 5.84. The number of tetrazole rings is 1. The molecule has 0 unspecified atom stereocenters. The van der Waals surface area contributed by atoms with Gasteiger partial charge in [0, 0.05) is 13.1 Å². The molecule has 5 saturated carbocycles. The van der Waals surface area contributed by atoms with Gasteiger partial charge in [0.15, 0.2) is 5.82 Å². The van der Waals surface area contributed by atoms with Crippen LogP contribution in [0.5, 0.6) is 0 Å². The summed E-state index contributed by atoms with van der Waals surface area (Å²) in [6, 6.07) is 0. The number of nitrogens with zero attached hydrogens (tertiary/aromatic N) is 3. The van der Waals surface area contributed by atoms with E-state index in [4.69, 9.17) is 9.47 Å². The van der Waals surface area contributed by atoms with Crippen LogP contribution in [-0.4, -0.2) is 83.2 Å². The lowest BCUT2D eigenvalue weighted by atomic mass is 9.32. The number of aromatic amines is 1. The first-order valence-corrected chi connectivity index (χ1v) is 19.5. The van der Waals surface area contributed by atoms with E-state index < -0.39 is 0 Å². The number of carbonyl (C=O) groups is 2. The number of aliphatic hydroxyl groups excluding tert-OH is 1. The van der Waals surface area contributed by atoms with Crippen LogP contribution < -0.4 is 10.6 Å². The fraction of sp³-hybridized carbons (Fsp3) is 0.872. The number of ether oxygens (including phenoxy) is 2. The smallest absolute Gasteiger partial charge is 0.227 e. The van der Waals surface area contributed by atoms with Crippen LogP contribution in [0.3, 0.4) is 0 Å². The number of amides is 2. The predicted molar refractivity (Wildman–Crippen MR) is 191 cm³/mol. The zero-order valence-corrected chi connectivity index (χ0v) is 31.6. The van der Waals surface area contributed by atoms with Crippen LogP contribution in [0.15, 0.2) is 12.2 Å². The first-order chi connectivity index (χ1) is 23.7. The van der Waals surface area contributed by atoms with Crippen molar-refractivity contribution in [3.05, 3.63) is 18.0 Å². The lowest BCUT2D eigenvalue weighted by molar-refractivity contribution is -0.246. The summed E-state index contributed by atoms with van der Waals surface area (Å²) in [6.07, 6.45) is 10.8. The topological polar surface area (TPSA) is 151 Å². The standard InChI is InChI=1S/C39H64N6O5/c1-25(2)26-10-15-39(34(48)41-19-21-50-23-22-49-20-18-40-32(47)24-31-42-44-45-43-31)17-16-37(6)27(33(26)39)8-9-29-36(5)13-12-30(46)35(3,4)28(36)11-14-38(29,37)7/h26-30,33,46H,1,8-24H2,2-7H3,(H,40,47)(H,41,48)(H,42,43,44,45)/t26-,27+,28-,29+,30-,33+,36-,37+,38+,39-/m0/s1. The molecule has 5 fully saturated rings. The molecule has 0 saturated heterocycles. The molecule has 11 nitrogen and oxygen atoms in total. The van der Waals surface area contributed by atoms with Crippen molar-refractivity contribution >= 4 is 11.8 Å². The van der Waals surface area contributed by atoms with Crippen LogP contribution in [-0.2, 0) is 25.5 Å². The van der Waals surface area contributed by atoms with Crippen LogP contribution in [0.1, 0.15) is 112 Å². The summed E-state index contributed by atoms with van der Waals surface area (Å²) in [5, 5.41) is 30.5. The van der Waals surface area contributed by atoms with Gasteiger partial charge in [0.1, 0.15) is 0 Å². The van der Waals surface area contributed by atoms with Crippen molar-refractivity contribution in [2.45, 2.75) is 118 Å². The summed E-state index contributed by atoms with van der Waals surface area (Å²) in [6.45, 7) is 21.7. The van der Waals surface area contributed by atoms with Crippen molar-refractivity contribution < 1.29 is 24.2 Å². The third-order valence-electron chi connectivity index (χ3n) is 15.7. The van der Waals surface area contributed by atoms with Gasteiger partial charge in [-0.3, -0.25) is 9.59 Å². The summed E-state index contributed by atoms with van der Waals surface area (Å²) in [7, 11) is 0. The van der Waals surface area contributed by atoms with Crippen LogP contribution in [0.4, 0.5) is 0 Å². The van der Waals surface area contributed by atoms with Gasteiger partial charge in [0.2, 0.25) is 11.8 Å². The number of allylic oxidation sites excluding steroid dienone is 1. The maximum Gasteiger partial charge on any atom is 0.227 e. The molecular weight excluding hydrogens is 632 g/mol. The summed E-state index contributed by atoms with van der Waals surface area (Å²) in [4.78, 5) is 26.2. The van der Waals surface area contributed by atoms with Crippen molar-refractivity contribution in [2.24, 2.45) is 56.7 Å². The highest BCUT2D eigenvalue weighted by Gasteiger charge is 2.71. The van der Waals surface area contributed by atoms with Gasteiger partial charge in [-0.25, -0.2) is 0 Å². The highest BCUT2D eigenvalue weighted by atomic mass is 16.5. The van der Waals surface area contributed by atoms with Gasteiger partial charge in [-0.1, -0.05) is 52.0 Å². The Hall–Kier alpha value is -2.37. The van der Waals surface area contributed by atoms with Crippen LogP contribution in [0, 0.1) is 56.7 Å². The summed E-state index contributed by atoms with van der Waals surface area (Å²) in [5.74, 6) is 2.81. The molecule has 5 aliphatic rings. The average molecular weight is 697 g/mol. The molecule has 0 bridgehead atoms. The average Bonchev–Trinajstić information content (AvgIpc) is 3.73. The quantitative estimate of drug-likeness (QED) is 0.166. The molecule has 0 radical (unpaired) electrons. The largest absolute Gasteiger partial charge is 0.393 e. The van der Waals surface area contributed by atoms with E-state index in [2.05, 4.69) is 79.4 Å². The zero-order valence-electron chi connectivity index (χ0n) is 31.6. The SMILES string of the molecule is C=C(C)[C@@H]1CC[C@]2(C(=O)NCCOCCOCCNC(=O)Cc3nn[nH]n3)CC[C@]3(C)[C@H](CC[C@@H]4[C@@]5(C)CC[C@H](O)C(C)(C)[C@@H]5CC[C@]43C)[C@@H]12. The van der Waals surface area contributed by atoms with Crippen LogP contribution in [0.2, 0.25) is 0 Å². The van der Waals surface area contributed by atoms with Gasteiger partial charge in [-0.15, -0.1) is 10.2 Å². The summed E-state index contributed by atoms with van der Waals surface area (Å²) >= 11 is 0. The second-order valence-electron chi connectivity index (χ2n) is 18.1. The van der Waals surface area contributed by atoms with Gasteiger partial charge in [0.25, 0.3) is 0 Å². The molecule has 0 aliphatic heterocycles. The Balaban J connectivity index is 1.03. The van der Waals surface area contributed by atoms with Gasteiger partial charge >= 0.3 is 0 Å². The molecule has 280 valence electrons. The Morgan fingerprint density at radius 1 is 0.860 bits per heavy atom. The zero-order chi connectivity index (χ0) is 36.0. The second-order valence-corrected chi connectivity index (χ2v) is 18.1. The molecule has 5 aliphatic carbocycles. The number of nitrogens with one attached hydrogen (secondary N) is 3. The van der Waals surface area contributed by atoms with Crippen molar-refractivity contribution in [3.63, 3.8) is 0 Å². The lowest BCUT2D eigenvalue weighted by Crippen LogP contribution is -2.67. The number of carbonyl (C=O) groups excluding carboxylic acids is 2. The molecule has 50 heavy (non-hydrogen) atoms. The minimum Gasteiger partial charge on any atom is -0.393 e. The Morgan fingerprint density at radius 2 is 1.58 bits per heavy atom. The Kier molecular flexibility index (Phi) is 10.6. The number of aliphatic hydroxyl groups is 1. The fourth-order valence-electron chi connectivity index (χ4n) is 13.0. The third kappa shape index (κ3) is 6.25. The van der Waals surface area contributed by atoms with E-state index in [1.165, 1.54) is 31.3 Å². The van der Waals surface area contributed by atoms with E-state index in [-0.39, 0.29) is 51.4 Å². The molecule has 1 aromatic rings. The molecule has 11 heteroatoms. The van der Waals surface area contributed by atoms with E-state index >= 15 is 0 Å². The van der Waals surface area contributed by atoms with Crippen LogP contribution >= 0.6 is 0 Å². The van der Waals surface area contributed by atoms with E-state index in [1.54, 1.807) is 0 Å². The number of H-pyrrole nitrogens is 1. The second kappa shape index (κ2) is 14.2. The molecule has 1 heterocycles. The number of rotatable bonds is 13. The minimum absolute atomic E-state index is 0.0455. The summed E-state index contributed by atoms with van der Waals surface area (Å²) in [5.41, 5.74) is 1.51. The minimum atomic E-state index is -0.341. The van der Waals surface area contributed by atoms with E-state index in [9.17, 15) is 14.7 Å². The van der Waals surface area contributed by atoms with Crippen molar-refractivity contribution in [1.82, 2.24) is 31.3 Å². The maximum atomic E-state index is 14.3. The maximum absolute atomic E-state index is 14.3. The summed E-state index contributed by atoms with van der Waals surface area (Å²) < 4.78 is 11.4. The van der Waals surface area contributed by atoms with E-state index in [0.717, 1.165) is 38.5 Å². The van der Waals surface area contributed by atoms with Crippen molar-refractivity contribution in [2.75, 3.05) is 39.5 Å². The number of hydrogen-bond donors (Lipinski definition) is 4. The van der Waals surface area contributed by atoms with Crippen molar-refractivity contribution in [3.8, 4) is 0 Å². The molecule has 10 atom stereocenters. The lowest BCUT2D eigenvalue weighted by Gasteiger charge is -2.72. The van der Waals surface area contributed by atoms with Gasteiger partial charge in [0.05, 0.1) is 44.4 Å². The van der Waals surface area contributed by atoms with E-state index in [0.29, 0.717) is 74.9 Å².